The number of fused-ring (bicyclic) bond motifs is 1. The van der Waals surface area contributed by atoms with Gasteiger partial charge in [0.2, 0.25) is 10.0 Å². The number of aryl methyl sites for hydroxylation is 2. The SMILES string of the molecule is Cc1csc(-n2c(-c3ccc(S(=O)(=O)N[C@@H](C)C(F)(F)F)cn3)c(C#N)c3cc(F)c(C)cc32)n1. The van der Waals surface area contributed by atoms with Gasteiger partial charge in [-0.1, -0.05) is 0 Å². The average Bonchev–Trinajstić information content (AvgIpc) is 3.33. The van der Waals surface area contributed by atoms with E-state index in [2.05, 4.69) is 16.0 Å². The molecule has 3 heterocycles. The topological polar surface area (TPSA) is 101 Å². The number of aromatic nitrogens is 3. The molecule has 0 saturated carbocycles. The fraction of sp³-hybridized carbons (Fsp3) is 0.227. The summed E-state index contributed by atoms with van der Waals surface area (Å²) in [4.78, 5) is 8.12. The number of hydrogen-bond acceptors (Lipinski definition) is 6. The van der Waals surface area contributed by atoms with Gasteiger partial charge in [-0.15, -0.1) is 11.3 Å². The lowest BCUT2D eigenvalue weighted by molar-refractivity contribution is -0.147. The van der Waals surface area contributed by atoms with Crippen molar-refractivity contribution < 1.29 is 26.0 Å². The third-order valence-corrected chi connectivity index (χ3v) is 7.74. The summed E-state index contributed by atoms with van der Waals surface area (Å²) in [5, 5.41) is 12.5. The van der Waals surface area contributed by atoms with E-state index >= 15 is 0 Å². The van der Waals surface area contributed by atoms with Crippen molar-refractivity contribution in [2.45, 2.75) is 37.9 Å². The lowest BCUT2D eigenvalue weighted by atomic mass is 10.1. The molecule has 0 saturated heterocycles. The summed E-state index contributed by atoms with van der Waals surface area (Å²) < 4.78 is 80.9. The van der Waals surface area contributed by atoms with E-state index in [-0.39, 0.29) is 17.0 Å². The van der Waals surface area contributed by atoms with Crippen LogP contribution in [0.15, 0.2) is 40.7 Å². The Bertz CT molecular complexity index is 1580. The first kappa shape index (κ1) is 24.8. The Hall–Kier alpha value is -3.34. The van der Waals surface area contributed by atoms with Gasteiger partial charge < -0.3 is 0 Å². The molecule has 35 heavy (non-hydrogen) atoms. The van der Waals surface area contributed by atoms with Crippen molar-refractivity contribution in [1.82, 2.24) is 19.3 Å². The van der Waals surface area contributed by atoms with Crippen LogP contribution in [0.25, 0.3) is 27.4 Å². The minimum atomic E-state index is -4.76. The molecule has 0 spiro atoms. The fourth-order valence-corrected chi connectivity index (χ4v) is 5.45. The fourth-order valence-electron chi connectivity index (χ4n) is 3.46. The molecule has 1 atom stereocenters. The monoisotopic (exact) mass is 523 g/mol. The van der Waals surface area contributed by atoms with Crippen molar-refractivity contribution in [3.63, 3.8) is 0 Å². The highest BCUT2D eigenvalue weighted by Crippen LogP contribution is 2.37. The largest absolute Gasteiger partial charge is 0.404 e. The van der Waals surface area contributed by atoms with E-state index in [1.165, 1.54) is 23.5 Å². The molecule has 13 heteroatoms. The summed E-state index contributed by atoms with van der Waals surface area (Å²) in [5.41, 5.74) is 2.07. The van der Waals surface area contributed by atoms with E-state index in [9.17, 15) is 31.2 Å². The normalized spacial score (nSPS) is 13.2. The molecule has 3 aromatic heterocycles. The number of nitrogens with one attached hydrogen (secondary N) is 1. The van der Waals surface area contributed by atoms with Crippen molar-refractivity contribution in [2.75, 3.05) is 0 Å². The lowest BCUT2D eigenvalue weighted by Gasteiger charge is -2.17. The molecule has 0 aliphatic heterocycles. The summed E-state index contributed by atoms with van der Waals surface area (Å²) >= 11 is 1.29. The predicted octanol–water partition coefficient (Wildman–Crippen LogP) is 5.01. The maximum Gasteiger partial charge on any atom is 0.404 e. The molecule has 0 amide bonds. The highest BCUT2D eigenvalue weighted by Gasteiger charge is 2.39. The molecule has 0 radical (unpaired) electrons. The molecule has 0 aliphatic rings. The van der Waals surface area contributed by atoms with E-state index in [1.807, 2.05) is 0 Å². The number of hydrogen-bond donors (Lipinski definition) is 1. The highest BCUT2D eigenvalue weighted by molar-refractivity contribution is 7.89. The van der Waals surface area contributed by atoms with E-state index in [4.69, 9.17) is 0 Å². The standard InChI is InChI=1S/C22H17F4N5O2S2/c1-11-6-19-15(7-17(11)23)16(8-27)20(31(19)21-29-12(2)10-34-21)18-5-4-14(9-28-18)35(32,33)30-13(3)22(24,25)26/h4-7,9-10,13,30H,1-3H3/t13-/m0/s1. The first-order valence-electron chi connectivity index (χ1n) is 10.1. The minimum Gasteiger partial charge on any atom is -0.282 e. The van der Waals surface area contributed by atoms with Crippen LogP contribution < -0.4 is 4.72 Å². The zero-order valence-corrected chi connectivity index (χ0v) is 20.1. The van der Waals surface area contributed by atoms with E-state index in [0.29, 0.717) is 28.5 Å². The first-order chi connectivity index (χ1) is 16.3. The summed E-state index contributed by atoms with van der Waals surface area (Å²) in [7, 11) is -4.52. The zero-order chi connectivity index (χ0) is 25.7. The van der Waals surface area contributed by atoms with Gasteiger partial charge in [-0.2, -0.15) is 23.2 Å². The number of thiazole rings is 1. The number of pyridine rings is 1. The summed E-state index contributed by atoms with van der Waals surface area (Å²) in [6.07, 6.45) is -3.86. The Balaban J connectivity index is 1.90. The minimum absolute atomic E-state index is 0.0960. The molecule has 1 aromatic carbocycles. The van der Waals surface area contributed by atoms with Crippen LogP contribution in [0.4, 0.5) is 17.6 Å². The van der Waals surface area contributed by atoms with Crippen LogP contribution in [-0.4, -0.2) is 35.2 Å². The van der Waals surface area contributed by atoms with Gasteiger partial charge in [-0.25, -0.2) is 17.8 Å². The highest BCUT2D eigenvalue weighted by atomic mass is 32.2. The molecular weight excluding hydrogens is 506 g/mol. The second-order valence-corrected chi connectivity index (χ2v) is 10.4. The quantitative estimate of drug-likeness (QED) is 0.371. The Labute approximate surface area is 201 Å². The van der Waals surface area contributed by atoms with Gasteiger partial charge in [0.15, 0.2) is 5.13 Å². The smallest absolute Gasteiger partial charge is 0.282 e. The molecule has 182 valence electrons. The van der Waals surface area contributed by atoms with Crippen LogP contribution in [0.2, 0.25) is 0 Å². The summed E-state index contributed by atoms with van der Waals surface area (Å²) in [5.74, 6) is -0.507. The van der Waals surface area contributed by atoms with Gasteiger partial charge in [-0.3, -0.25) is 9.55 Å². The van der Waals surface area contributed by atoms with Crippen LogP contribution in [-0.2, 0) is 10.0 Å². The lowest BCUT2D eigenvalue weighted by Crippen LogP contribution is -2.42. The van der Waals surface area contributed by atoms with Crippen LogP contribution in [0.1, 0.15) is 23.7 Å². The second kappa shape index (κ2) is 8.71. The molecule has 0 unspecified atom stereocenters. The van der Waals surface area contributed by atoms with Crippen LogP contribution >= 0.6 is 11.3 Å². The Morgan fingerprint density at radius 1 is 1.23 bits per heavy atom. The summed E-state index contributed by atoms with van der Waals surface area (Å²) in [6, 6.07) is 4.95. The van der Waals surface area contributed by atoms with E-state index < -0.39 is 33.0 Å². The molecule has 7 nitrogen and oxygen atoms in total. The van der Waals surface area contributed by atoms with Crippen molar-refractivity contribution >= 4 is 32.3 Å². The van der Waals surface area contributed by atoms with E-state index in [1.54, 1.807) is 34.6 Å². The number of halogens is 4. The molecule has 4 aromatic rings. The number of benzene rings is 1. The Kier molecular flexibility index (Phi) is 6.16. The number of sulfonamides is 1. The van der Waals surface area contributed by atoms with Gasteiger partial charge >= 0.3 is 6.18 Å². The predicted molar refractivity (Wildman–Crippen MR) is 122 cm³/mol. The number of rotatable bonds is 5. The van der Waals surface area contributed by atoms with E-state index in [0.717, 1.165) is 18.0 Å². The van der Waals surface area contributed by atoms with Crippen LogP contribution in [0.3, 0.4) is 0 Å². The molecular formula is C22H17F4N5O2S2. The third kappa shape index (κ3) is 4.52. The first-order valence-corrected chi connectivity index (χ1v) is 12.4. The number of nitriles is 1. The zero-order valence-electron chi connectivity index (χ0n) is 18.5. The maximum absolute atomic E-state index is 14.4. The van der Waals surface area contributed by atoms with Crippen molar-refractivity contribution in [1.29, 1.82) is 5.26 Å². The number of alkyl halides is 3. The maximum atomic E-state index is 14.4. The van der Waals surface area contributed by atoms with Gasteiger partial charge in [0, 0.05) is 17.0 Å². The van der Waals surface area contributed by atoms with Crippen molar-refractivity contribution in [3.8, 4) is 22.6 Å². The third-order valence-electron chi connectivity index (χ3n) is 5.27. The van der Waals surface area contributed by atoms with Crippen LogP contribution in [0, 0.1) is 31.0 Å². The van der Waals surface area contributed by atoms with Gasteiger partial charge in [-0.05, 0) is 50.6 Å². The molecule has 4 rings (SSSR count). The van der Waals surface area contributed by atoms with Crippen molar-refractivity contribution in [2.24, 2.45) is 0 Å². The van der Waals surface area contributed by atoms with Crippen LogP contribution in [0.5, 0.6) is 0 Å². The Morgan fingerprint density at radius 3 is 2.49 bits per heavy atom. The summed E-state index contributed by atoms with van der Waals surface area (Å²) in [6.45, 7) is 4.06. The van der Waals surface area contributed by atoms with Gasteiger partial charge in [0.05, 0.1) is 28.2 Å². The number of nitrogens with zero attached hydrogens (tertiary/aromatic N) is 4. The molecule has 0 fully saturated rings. The molecule has 1 N–H and O–H groups in total. The van der Waals surface area contributed by atoms with Gasteiger partial charge in [0.25, 0.3) is 0 Å². The molecule has 0 aliphatic carbocycles. The average molecular weight is 524 g/mol. The Morgan fingerprint density at radius 2 is 1.94 bits per heavy atom. The molecule has 0 bridgehead atoms. The van der Waals surface area contributed by atoms with Gasteiger partial charge in [0.1, 0.15) is 22.8 Å². The van der Waals surface area contributed by atoms with Crippen molar-refractivity contribution in [3.05, 3.63) is 58.5 Å². The second-order valence-electron chi connectivity index (χ2n) is 7.82.